The Balaban J connectivity index is 2.33. The molecule has 0 atom stereocenters. The summed E-state index contributed by atoms with van der Waals surface area (Å²) in [7, 11) is 1.43. The number of rotatable bonds is 6. The summed E-state index contributed by atoms with van der Waals surface area (Å²) >= 11 is 2.99. The number of halogens is 1. The number of ketones is 2. The zero-order valence-electron chi connectivity index (χ0n) is 15.4. The van der Waals surface area contributed by atoms with Gasteiger partial charge in [-0.1, -0.05) is 0 Å². The van der Waals surface area contributed by atoms with E-state index >= 15 is 0 Å². The van der Waals surface area contributed by atoms with E-state index in [-0.39, 0.29) is 35.8 Å². The average Bonchev–Trinajstić information content (AvgIpc) is 2.67. The molecule has 2 aromatic rings. The summed E-state index contributed by atoms with van der Waals surface area (Å²) in [6.45, 7) is 1.77. The van der Waals surface area contributed by atoms with Crippen LogP contribution < -0.4 is 9.47 Å². The van der Waals surface area contributed by atoms with Crippen molar-refractivity contribution < 1.29 is 44.2 Å². The van der Waals surface area contributed by atoms with Gasteiger partial charge in [0.25, 0.3) is 0 Å². The Morgan fingerprint density at radius 2 is 1.34 bits per heavy atom. The van der Waals surface area contributed by atoms with Crippen LogP contribution in [0.3, 0.4) is 0 Å². The molecule has 0 saturated carbocycles. The molecule has 2 aromatic carbocycles. The van der Waals surface area contributed by atoms with Gasteiger partial charge in [-0.15, -0.1) is 0 Å². The van der Waals surface area contributed by atoms with Crippen molar-refractivity contribution in [2.75, 3.05) is 26.9 Å². The summed E-state index contributed by atoms with van der Waals surface area (Å²) in [6, 6.07) is 1.05. The topological polar surface area (TPSA) is 143 Å². The maximum atomic E-state index is 13.1. The maximum absolute atomic E-state index is 13.1. The van der Waals surface area contributed by atoms with E-state index in [4.69, 9.17) is 14.2 Å². The molecule has 9 nitrogen and oxygen atoms in total. The predicted molar refractivity (Wildman–Crippen MR) is 103 cm³/mol. The van der Waals surface area contributed by atoms with Gasteiger partial charge in [-0.3, -0.25) is 9.59 Å². The highest BCUT2D eigenvalue weighted by molar-refractivity contribution is 9.10. The third-order valence-electron chi connectivity index (χ3n) is 4.32. The molecule has 0 heterocycles. The van der Waals surface area contributed by atoms with Gasteiger partial charge in [-0.2, -0.15) is 0 Å². The van der Waals surface area contributed by atoms with Crippen LogP contribution in [0.25, 0.3) is 0 Å². The zero-order valence-corrected chi connectivity index (χ0v) is 17.0. The number of methoxy groups -OCH3 is 1. The van der Waals surface area contributed by atoms with Gasteiger partial charge in [-0.05, 0) is 28.9 Å². The van der Waals surface area contributed by atoms with E-state index in [9.17, 15) is 30.0 Å². The van der Waals surface area contributed by atoms with E-state index in [1.165, 1.54) is 7.11 Å². The highest BCUT2D eigenvalue weighted by Gasteiger charge is 2.42. The van der Waals surface area contributed by atoms with Gasteiger partial charge in [0.05, 0.1) is 39.9 Å². The molecule has 29 heavy (non-hydrogen) atoms. The molecule has 0 fully saturated rings. The van der Waals surface area contributed by atoms with Crippen LogP contribution in [0.4, 0.5) is 0 Å². The molecule has 0 unspecified atom stereocenters. The number of benzene rings is 2. The van der Waals surface area contributed by atoms with Crippen LogP contribution in [0, 0.1) is 0 Å². The lowest BCUT2D eigenvalue weighted by molar-refractivity contribution is 0.0966. The van der Waals surface area contributed by atoms with Crippen LogP contribution in [0.15, 0.2) is 10.5 Å². The smallest absolute Gasteiger partial charge is 0.208 e. The number of fused-ring (bicyclic) bond motifs is 2. The molecular formula is C19H17BrO9. The molecule has 3 rings (SSSR count). The molecule has 10 heteroatoms. The van der Waals surface area contributed by atoms with Crippen LogP contribution in [0.1, 0.15) is 38.8 Å². The lowest BCUT2D eigenvalue weighted by Gasteiger charge is -2.24. The number of ether oxygens (including phenoxy) is 3. The van der Waals surface area contributed by atoms with E-state index in [0.29, 0.717) is 0 Å². The van der Waals surface area contributed by atoms with Crippen molar-refractivity contribution in [2.24, 2.45) is 0 Å². The number of hydrogen-bond acceptors (Lipinski definition) is 9. The molecule has 154 valence electrons. The molecule has 0 amide bonds. The molecular weight excluding hydrogens is 452 g/mol. The Morgan fingerprint density at radius 1 is 0.828 bits per heavy atom. The quantitative estimate of drug-likeness (QED) is 0.316. The van der Waals surface area contributed by atoms with E-state index in [1.54, 1.807) is 6.92 Å². The third kappa shape index (κ3) is 3.14. The van der Waals surface area contributed by atoms with Gasteiger partial charge >= 0.3 is 0 Å². The van der Waals surface area contributed by atoms with Crippen LogP contribution in [0.2, 0.25) is 0 Å². The summed E-state index contributed by atoms with van der Waals surface area (Å²) in [6.07, 6.45) is 0. The molecule has 0 bridgehead atoms. The number of phenolic OH excluding ortho intramolecular Hbond substituents is 4. The minimum atomic E-state index is -0.976. The number of carbonyl (C=O) groups is 2. The first-order valence-electron chi connectivity index (χ1n) is 8.46. The molecule has 0 radical (unpaired) electrons. The maximum Gasteiger partial charge on any atom is 0.208 e. The lowest BCUT2D eigenvalue weighted by Crippen LogP contribution is -2.22. The molecule has 4 N–H and O–H groups in total. The first-order valence-corrected chi connectivity index (χ1v) is 9.25. The minimum Gasteiger partial charge on any atom is -0.507 e. The van der Waals surface area contributed by atoms with Crippen LogP contribution in [0.5, 0.6) is 34.5 Å². The van der Waals surface area contributed by atoms with Crippen LogP contribution in [-0.2, 0) is 4.74 Å². The van der Waals surface area contributed by atoms with Crippen LogP contribution in [-0.4, -0.2) is 58.9 Å². The summed E-state index contributed by atoms with van der Waals surface area (Å²) in [5, 5.41) is 41.9. The normalized spacial score (nSPS) is 12.5. The Hall–Kier alpha value is -2.98. The second-order valence-electron chi connectivity index (χ2n) is 6.01. The number of aromatic hydroxyl groups is 4. The van der Waals surface area contributed by atoms with Crippen LogP contribution >= 0.6 is 15.9 Å². The van der Waals surface area contributed by atoms with E-state index in [0.717, 1.165) is 6.07 Å². The Morgan fingerprint density at radius 3 is 1.90 bits per heavy atom. The standard InChI is InChI=1S/C19H17BrO9/c1-3-28-18-16(25)11-12(17(26)19(18)29-5-4-27-2)15(24)10-9(14(11)23)8(21)6-7(20)13(10)22/h6,21-22,25-26H,3-5H2,1-2H3. The lowest BCUT2D eigenvalue weighted by atomic mass is 9.81. The fourth-order valence-corrected chi connectivity index (χ4v) is 3.50. The molecule has 0 aromatic heterocycles. The van der Waals surface area contributed by atoms with Gasteiger partial charge < -0.3 is 34.6 Å². The highest BCUT2D eigenvalue weighted by Crippen LogP contribution is 2.53. The first-order chi connectivity index (χ1) is 13.8. The van der Waals surface area contributed by atoms with E-state index in [1.807, 2.05) is 0 Å². The number of carbonyl (C=O) groups excluding carboxylic acids is 2. The van der Waals surface area contributed by atoms with Crippen molar-refractivity contribution in [3.63, 3.8) is 0 Å². The average molecular weight is 469 g/mol. The minimum absolute atomic E-state index is 0.0235. The fourth-order valence-electron chi connectivity index (χ4n) is 3.09. The summed E-state index contributed by atoms with van der Waals surface area (Å²) < 4.78 is 15.6. The zero-order chi connectivity index (χ0) is 21.5. The van der Waals surface area contributed by atoms with Gasteiger partial charge in [0.15, 0.2) is 11.5 Å². The fraction of sp³-hybridized carbons (Fsp3) is 0.263. The Labute approximate surface area is 173 Å². The van der Waals surface area contributed by atoms with Crippen molar-refractivity contribution in [1.82, 2.24) is 0 Å². The first kappa shape index (κ1) is 20.7. The number of hydrogen-bond donors (Lipinski definition) is 4. The monoisotopic (exact) mass is 468 g/mol. The van der Waals surface area contributed by atoms with Gasteiger partial charge in [-0.25, -0.2) is 0 Å². The molecule has 1 aliphatic rings. The third-order valence-corrected chi connectivity index (χ3v) is 4.93. The molecule has 0 spiro atoms. The van der Waals surface area contributed by atoms with Gasteiger partial charge in [0, 0.05) is 7.11 Å². The summed E-state index contributed by atoms with van der Waals surface area (Å²) in [4.78, 5) is 26.1. The van der Waals surface area contributed by atoms with Crippen molar-refractivity contribution in [1.29, 1.82) is 0 Å². The summed E-state index contributed by atoms with van der Waals surface area (Å²) in [5.74, 6) is -5.24. The van der Waals surface area contributed by atoms with E-state index < -0.39 is 56.8 Å². The summed E-state index contributed by atoms with van der Waals surface area (Å²) in [5.41, 5.74) is -2.12. The van der Waals surface area contributed by atoms with Gasteiger partial charge in [0.1, 0.15) is 18.1 Å². The molecule has 1 aliphatic carbocycles. The number of phenols is 4. The Kier molecular flexibility index (Phi) is 5.58. The van der Waals surface area contributed by atoms with E-state index in [2.05, 4.69) is 15.9 Å². The second-order valence-corrected chi connectivity index (χ2v) is 6.87. The highest BCUT2D eigenvalue weighted by atomic mass is 79.9. The van der Waals surface area contributed by atoms with Crippen molar-refractivity contribution in [3.8, 4) is 34.5 Å². The van der Waals surface area contributed by atoms with Gasteiger partial charge in [0.2, 0.25) is 23.1 Å². The van der Waals surface area contributed by atoms with Crippen molar-refractivity contribution in [3.05, 3.63) is 32.8 Å². The largest absolute Gasteiger partial charge is 0.507 e. The SMILES string of the molecule is CCOc1c(O)c2c(c(O)c1OCCOC)C(=O)c1c(O)c(Br)cc(O)c1C2=O. The second kappa shape index (κ2) is 7.80. The molecule has 0 aliphatic heterocycles. The Bertz CT molecular complexity index is 1030. The van der Waals surface area contributed by atoms with Crippen molar-refractivity contribution >= 4 is 27.5 Å². The molecule has 0 saturated heterocycles. The van der Waals surface area contributed by atoms with Crippen molar-refractivity contribution in [2.45, 2.75) is 6.92 Å². The predicted octanol–water partition coefficient (Wildman–Crippen LogP) is 2.47.